The molecule has 13 heteroatoms. The van der Waals surface area contributed by atoms with Gasteiger partial charge < -0.3 is 36.0 Å². The van der Waals surface area contributed by atoms with E-state index in [1.165, 1.54) is 4.90 Å². The standard InChI is InChI=1S/C36H60N6O7/c1-10-23(4)30(41-35(48)49-36(7,8)9)34(47)42-19-13-11-12-14-27(39-32(45)25(42)6)28(43)20-24(5)31(44)40-29(22(2)3)33(46)38-21-26-15-17-37-18-16-26/h15-18,22-25,27-30,43H,10-14,19-21H2,1-9H3,(H,38,46)(H,39,45)(H,40,44)(H,41,48)/t23-,24+,25-,27-,28-,29-,30-/m0/s1. The van der Waals surface area contributed by atoms with Crippen molar-refractivity contribution in [2.45, 2.75) is 143 Å². The fraction of sp³-hybridized carbons (Fsp3) is 0.722. The minimum Gasteiger partial charge on any atom is -0.444 e. The summed E-state index contributed by atoms with van der Waals surface area (Å²) in [6.45, 7) is 16.7. The highest BCUT2D eigenvalue weighted by Gasteiger charge is 2.37. The van der Waals surface area contributed by atoms with E-state index in [0.29, 0.717) is 38.8 Å². The molecule has 1 aromatic rings. The summed E-state index contributed by atoms with van der Waals surface area (Å²) >= 11 is 0. The van der Waals surface area contributed by atoms with E-state index in [2.05, 4.69) is 26.3 Å². The Morgan fingerprint density at radius 1 is 1.02 bits per heavy atom. The van der Waals surface area contributed by atoms with Crippen LogP contribution in [0.15, 0.2) is 24.5 Å². The van der Waals surface area contributed by atoms with Crippen LogP contribution in [-0.4, -0.2) is 87.1 Å². The SMILES string of the molecule is CC[C@H](C)[C@H](NC(=O)OC(C)(C)C)C(=O)N1CCCCC[C@@H]([C@@H](O)C[C@@H](C)C(=O)N[C@H](C(=O)NCc2ccncc2)C(C)C)NC(=O)[C@@H]1C. The summed E-state index contributed by atoms with van der Waals surface area (Å²) in [5, 5.41) is 22.6. The molecule has 0 bridgehead atoms. The highest BCUT2D eigenvalue weighted by atomic mass is 16.6. The molecule has 49 heavy (non-hydrogen) atoms. The van der Waals surface area contributed by atoms with Gasteiger partial charge in [0.2, 0.25) is 23.6 Å². The van der Waals surface area contributed by atoms with Crippen LogP contribution in [-0.2, 0) is 30.5 Å². The lowest BCUT2D eigenvalue weighted by atomic mass is 9.92. The fourth-order valence-electron chi connectivity index (χ4n) is 5.68. The van der Waals surface area contributed by atoms with Crippen LogP contribution in [0, 0.1) is 17.8 Å². The molecule has 13 nitrogen and oxygen atoms in total. The minimum absolute atomic E-state index is 0.0627. The van der Waals surface area contributed by atoms with Crippen LogP contribution in [0.25, 0.3) is 0 Å². The van der Waals surface area contributed by atoms with Gasteiger partial charge in [0.05, 0.1) is 12.1 Å². The topological polar surface area (TPSA) is 179 Å². The highest BCUT2D eigenvalue weighted by molar-refractivity contribution is 5.91. The molecule has 7 atom stereocenters. The van der Waals surface area contributed by atoms with Gasteiger partial charge in [-0.3, -0.25) is 24.2 Å². The van der Waals surface area contributed by atoms with Gasteiger partial charge in [-0.05, 0) is 76.5 Å². The maximum atomic E-state index is 13.9. The molecule has 1 aliphatic rings. The lowest BCUT2D eigenvalue weighted by Gasteiger charge is -2.36. The predicted octanol–water partition coefficient (Wildman–Crippen LogP) is 3.44. The summed E-state index contributed by atoms with van der Waals surface area (Å²) in [6.07, 6.45) is 4.82. The molecule has 0 aromatic carbocycles. The predicted molar refractivity (Wildman–Crippen MR) is 187 cm³/mol. The molecule has 2 heterocycles. The zero-order valence-electron chi connectivity index (χ0n) is 30.9. The number of carbonyl (C=O) groups excluding carboxylic acids is 5. The molecule has 0 unspecified atom stereocenters. The molecule has 0 radical (unpaired) electrons. The van der Waals surface area contributed by atoms with Crippen LogP contribution in [0.3, 0.4) is 0 Å². The number of aliphatic hydroxyl groups excluding tert-OH is 1. The van der Waals surface area contributed by atoms with Gasteiger partial charge in [-0.1, -0.05) is 53.9 Å². The van der Waals surface area contributed by atoms with Gasteiger partial charge in [0, 0.05) is 31.4 Å². The molecule has 5 N–H and O–H groups in total. The van der Waals surface area contributed by atoms with E-state index in [-0.39, 0.29) is 36.0 Å². The molecule has 0 saturated carbocycles. The Labute approximate surface area is 292 Å². The number of hydrogen-bond acceptors (Lipinski definition) is 8. The van der Waals surface area contributed by atoms with E-state index in [1.54, 1.807) is 59.1 Å². The number of hydrogen-bond donors (Lipinski definition) is 5. The minimum atomic E-state index is -1.04. The third-order valence-electron chi connectivity index (χ3n) is 8.99. The number of aliphatic hydroxyl groups is 1. The van der Waals surface area contributed by atoms with E-state index in [9.17, 15) is 29.1 Å². The quantitative estimate of drug-likeness (QED) is 0.209. The number of nitrogens with zero attached hydrogens (tertiary/aromatic N) is 2. The third kappa shape index (κ3) is 13.6. The average molecular weight is 689 g/mol. The lowest BCUT2D eigenvalue weighted by Crippen LogP contribution is -2.59. The van der Waals surface area contributed by atoms with Crippen molar-refractivity contribution < 1.29 is 33.8 Å². The molecule has 276 valence electrons. The van der Waals surface area contributed by atoms with Crippen molar-refractivity contribution in [1.82, 2.24) is 31.2 Å². The first-order valence-corrected chi connectivity index (χ1v) is 17.7. The molecule has 1 aromatic heterocycles. The summed E-state index contributed by atoms with van der Waals surface area (Å²) in [5.41, 5.74) is 0.146. The maximum absolute atomic E-state index is 13.9. The number of aromatic nitrogens is 1. The molecular weight excluding hydrogens is 628 g/mol. The van der Waals surface area contributed by atoms with Crippen molar-refractivity contribution in [2.24, 2.45) is 17.8 Å². The Hall–Kier alpha value is -3.74. The Balaban J connectivity index is 2.08. The van der Waals surface area contributed by atoms with Gasteiger partial charge in [-0.2, -0.15) is 0 Å². The second-order valence-electron chi connectivity index (χ2n) is 14.7. The van der Waals surface area contributed by atoms with Crippen molar-refractivity contribution in [2.75, 3.05) is 6.54 Å². The number of carbonyl (C=O) groups is 5. The molecule has 5 amide bonds. The molecule has 0 spiro atoms. The van der Waals surface area contributed by atoms with Crippen LogP contribution < -0.4 is 21.3 Å². The van der Waals surface area contributed by atoms with Gasteiger partial charge in [-0.25, -0.2) is 4.79 Å². The van der Waals surface area contributed by atoms with E-state index < -0.39 is 53.8 Å². The smallest absolute Gasteiger partial charge is 0.408 e. The zero-order chi connectivity index (χ0) is 36.9. The second-order valence-corrected chi connectivity index (χ2v) is 14.7. The second kappa shape index (κ2) is 19.4. The van der Waals surface area contributed by atoms with Gasteiger partial charge in [-0.15, -0.1) is 0 Å². The van der Waals surface area contributed by atoms with Crippen LogP contribution in [0.4, 0.5) is 4.79 Å². The fourth-order valence-corrected chi connectivity index (χ4v) is 5.68. The largest absolute Gasteiger partial charge is 0.444 e. The van der Waals surface area contributed by atoms with Crippen LogP contribution in [0.5, 0.6) is 0 Å². The van der Waals surface area contributed by atoms with Gasteiger partial charge >= 0.3 is 6.09 Å². The molecule has 0 aliphatic carbocycles. The summed E-state index contributed by atoms with van der Waals surface area (Å²) in [6, 6.07) is 0.436. The number of ether oxygens (including phenoxy) is 1. The Bertz CT molecular complexity index is 1240. The van der Waals surface area contributed by atoms with Crippen molar-refractivity contribution >= 4 is 29.7 Å². The number of rotatable bonds is 13. The highest BCUT2D eigenvalue weighted by Crippen LogP contribution is 2.20. The maximum Gasteiger partial charge on any atom is 0.408 e. The van der Waals surface area contributed by atoms with Gasteiger partial charge in [0.1, 0.15) is 23.7 Å². The first kappa shape index (κ1) is 41.4. The molecular formula is C36H60N6O7. The summed E-state index contributed by atoms with van der Waals surface area (Å²) < 4.78 is 5.41. The molecule has 1 aliphatic heterocycles. The van der Waals surface area contributed by atoms with Crippen molar-refractivity contribution in [3.05, 3.63) is 30.1 Å². The van der Waals surface area contributed by atoms with Crippen LogP contribution in [0.2, 0.25) is 0 Å². The van der Waals surface area contributed by atoms with Gasteiger partial charge in [0.15, 0.2) is 0 Å². The first-order valence-electron chi connectivity index (χ1n) is 17.7. The summed E-state index contributed by atoms with van der Waals surface area (Å²) in [7, 11) is 0. The van der Waals surface area contributed by atoms with Crippen molar-refractivity contribution in [3.8, 4) is 0 Å². The Kier molecular flexibility index (Phi) is 16.4. The Morgan fingerprint density at radius 3 is 2.27 bits per heavy atom. The van der Waals surface area contributed by atoms with E-state index in [4.69, 9.17) is 4.74 Å². The van der Waals surface area contributed by atoms with E-state index in [0.717, 1.165) is 12.0 Å². The molecule has 2 rings (SSSR count). The molecule has 1 fully saturated rings. The first-order chi connectivity index (χ1) is 22.9. The monoisotopic (exact) mass is 688 g/mol. The van der Waals surface area contributed by atoms with E-state index in [1.807, 2.05) is 27.7 Å². The molecule has 1 saturated heterocycles. The number of nitrogens with one attached hydrogen (secondary N) is 4. The zero-order valence-corrected chi connectivity index (χ0v) is 30.9. The van der Waals surface area contributed by atoms with Crippen LogP contribution in [0.1, 0.15) is 106 Å². The average Bonchev–Trinajstić information content (AvgIpc) is 3.04. The normalized spacial score (nSPS) is 20.6. The number of alkyl carbamates (subject to hydrolysis) is 1. The van der Waals surface area contributed by atoms with Crippen molar-refractivity contribution in [3.63, 3.8) is 0 Å². The Morgan fingerprint density at radius 2 is 1.67 bits per heavy atom. The summed E-state index contributed by atoms with van der Waals surface area (Å²) in [4.78, 5) is 71.8. The van der Waals surface area contributed by atoms with Crippen molar-refractivity contribution in [1.29, 1.82) is 0 Å². The third-order valence-corrected chi connectivity index (χ3v) is 8.99. The van der Waals surface area contributed by atoms with Gasteiger partial charge in [0.25, 0.3) is 0 Å². The summed E-state index contributed by atoms with van der Waals surface area (Å²) in [5.74, 6) is -2.52. The lowest BCUT2D eigenvalue weighted by molar-refractivity contribution is -0.143. The van der Waals surface area contributed by atoms with Crippen LogP contribution >= 0.6 is 0 Å². The number of pyridine rings is 1. The number of amides is 5. The van der Waals surface area contributed by atoms with E-state index >= 15 is 0 Å².